The van der Waals surface area contributed by atoms with Gasteiger partial charge in [0.15, 0.2) is 0 Å². The fraction of sp³-hybridized carbons (Fsp3) is 0.333. The summed E-state index contributed by atoms with van der Waals surface area (Å²) in [5, 5.41) is 7.10. The van der Waals surface area contributed by atoms with Gasteiger partial charge in [0.05, 0.1) is 11.0 Å². The number of fused-ring (bicyclic) bond motifs is 2. The Morgan fingerprint density at radius 2 is 1.86 bits per heavy atom. The molecule has 0 saturated heterocycles. The van der Waals surface area contributed by atoms with Crippen LogP contribution in [0.1, 0.15) is 32.1 Å². The molecule has 110 valence electrons. The summed E-state index contributed by atoms with van der Waals surface area (Å²) in [4.78, 5) is 0. The van der Waals surface area contributed by atoms with Crippen molar-refractivity contribution in [2.75, 3.05) is 0 Å². The highest BCUT2D eigenvalue weighted by Gasteiger charge is 2.17. The molecule has 0 radical (unpaired) electrons. The second kappa shape index (κ2) is 5.15. The second-order valence-corrected chi connectivity index (χ2v) is 7.34. The molecule has 1 heterocycles. The Morgan fingerprint density at radius 3 is 2.57 bits per heavy atom. The fourth-order valence-electron chi connectivity index (χ4n) is 2.53. The van der Waals surface area contributed by atoms with E-state index >= 15 is 0 Å². The summed E-state index contributed by atoms with van der Waals surface area (Å²) < 4.78 is 7.17. The lowest BCUT2D eigenvalue weighted by Gasteiger charge is -2.19. The molecule has 3 heteroatoms. The van der Waals surface area contributed by atoms with Gasteiger partial charge in [-0.2, -0.15) is 0 Å². The van der Waals surface area contributed by atoms with Crippen molar-refractivity contribution in [2.45, 2.75) is 39.8 Å². The topological polar surface area (TPSA) is 25.2 Å². The van der Waals surface area contributed by atoms with Gasteiger partial charge in [-0.1, -0.05) is 24.3 Å². The van der Waals surface area contributed by atoms with Gasteiger partial charge in [-0.3, -0.25) is 0 Å². The highest BCUT2D eigenvalue weighted by Crippen LogP contribution is 2.37. The minimum absolute atomic E-state index is 0.0767. The third kappa shape index (κ3) is 2.72. The molecule has 0 unspecified atom stereocenters. The Hall–Kier alpha value is -1.32. The lowest BCUT2D eigenvalue weighted by molar-refractivity contribution is 0.394. The molecule has 0 saturated carbocycles. The summed E-state index contributed by atoms with van der Waals surface area (Å²) in [5.41, 5.74) is 2.23. The standard InChI is InChI=1S/C18H20BrNO/c1-11-14-9-12-7-5-6-8-13(12)16(19)17(14)21-15(11)10-20-18(2,3)4/h5-9,20H,10H2,1-4H3. The van der Waals surface area contributed by atoms with E-state index in [1.165, 1.54) is 21.7 Å². The predicted molar refractivity (Wildman–Crippen MR) is 92.7 cm³/mol. The number of hydrogen-bond acceptors (Lipinski definition) is 2. The fourth-order valence-corrected chi connectivity index (χ4v) is 3.18. The minimum atomic E-state index is 0.0767. The minimum Gasteiger partial charge on any atom is -0.458 e. The molecule has 1 aromatic heterocycles. The summed E-state index contributed by atoms with van der Waals surface area (Å²) in [6.45, 7) is 9.36. The Balaban J connectivity index is 2.15. The Labute approximate surface area is 133 Å². The van der Waals surface area contributed by atoms with Crippen molar-refractivity contribution >= 4 is 37.7 Å². The molecule has 0 amide bonds. The quantitative estimate of drug-likeness (QED) is 0.659. The summed E-state index contributed by atoms with van der Waals surface area (Å²) in [6, 6.07) is 10.6. The van der Waals surface area contributed by atoms with E-state index in [1.54, 1.807) is 0 Å². The van der Waals surface area contributed by atoms with Crippen molar-refractivity contribution in [2.24, 2.45) is 0 Å². The number of hydrogen-bond donors (Lipinski definition) is 1. The van der Waals surface area contributed by atoms with E-state index in [-0.39, 0.29) is 5.54 Å². The first-order chi connectivity index (χ1) is 9.87. The molecule has 0 bridgehead atoms. The molecule has 3 aromatic rings. The van der Waals surface area contributed by atoms with E-state index < -0.39 is 0 Å². The Kier molecular flexibility index (Phi) is 3.58. The normalized spacial score (nSPS) is 12.4. The molecule has 0 aliphatic rings. The first kappa shape index (κ1) is 14.6. The largest absolute Gasteiger partial charge is 0.458 e. The Bertz CT molecular complexity index is 811. The van der Waals surface area contributed by atoms with E-state index in [9.17, 15) is 0 Å². The van der Waals surface area contributed by atoms with Crippen LogP contribution in [0.15, 0.2) is 39.2 Å². The van der Waals surface area contributed by atoms with Crippen molar-refractivity contribution in [3.8, 4) is 0 Å². The summed E-state index contributed by atoms with van der Waals surface area (Å²) >= 11 is 3.71. The third-order valence-electron chi connectivity index (χ3n) is 3.77. The monoisotopic (exact) mass is 345 g/mol. The molecule has 21 heavy (non-hydrogen) atoms. The number of nitrogens with one attached hydrogen (secondary N) is 1. The number of aryl methyl sites for hydroxylation is 1. The molecule has 0 fully saturated rings. The molecular weight excluding hydrogens is 326 g/mol. The average Bonchev–Trinajstić information content (AvgIpc) is 2.74. The van der Waals surface area contributed by atoms with Crippen molar-refractivity contribution in [3.05, 3.63) is 46.1 Å². The highest BCUT2D eigenvalue weighted by atomic mass is 79.9. The van der Waals surface area contributed by atoms with E-state index in [2.05, 4.69) is 79.3 Å². The van der Waals surface area contributed by atoms with Crippen LogP contribution in [0.3, 0.4) is 0 Å². The number of rotatable bonds is 2. The number of benzene rings is 2. The van der Waals surface area contributed by atoms with Crippen molar-refractivity contribution in [1.29, 1.82) is 0 Å². The first-order valence-corrected chi connectivity index (χ1v) is 8.00. The van der Waals surface area contributed by atoms with Crippen molar-refractivity contribution in [3.63, 3.8) is 0 Å². The molecule has 0 aliphatic heterocycles. The van der Waals surface area contributed by atoms with Crippen LogP contribution in [-0.4, -0.2) is 5.54 Å². The molecule has 0 spiro atoms. The molecule has 0 atom stereocenters. The predicted octanol–water partition coefficient (Wildman–Crippen LogP) is 5.55. The maximum atomic E-state index is 6.12. The van der Waals surface area contributed by atoms with Gasteiger partial charge in [0.2, 0.25) is 0 Å². The Morgan fingerprint density at radius 1 is 1.14 bits per heavy atom. The van der Waals surface area contributed by atoms with Crippen molar-refractivity contribution in [1.82, 2.24) is 5.32 Å². The van der Waals surface area contributed by atoms with Gasteiger partial charge < -0.3 is 9.73 Å². The van der Waals surface area contributed by atoms with E-state index in [0.717, 1.165) is 22.4 Å². The highest BCUT2D eigenvalue weighted by molar-refractivity contribution is 9.10. The zero-order valence-electron chi connectivity index (χ0n) is 12.9. The average molecular weight is 346 g/mol. The van der Waals surface area contributed by atoms with Crippen LogP contribution in [0.25, 0.3) is 21.7 Å². The van der Waals surface area contributed by atoms with Gasteiger partial charge in [0, 0.05) is 10.9 Å². The smallest absolute Gasteiger partial charge is 0.149 e. The summed E-state index contributed by atoms with van der Waals surface area (Å²) in [5.74, 6) is 1.01. The molecule has 0 aliphatic carbocycles. The van der Waals surface area contributed by atoms with Crippen LogP contribution in [0.5, 0.6) is 0 Å². The van der Waals surface area contributed by atoms with Gasteiger partial charge in [-0.15, -0.1) is 0 Å². The lowest BCUT2D eigenvalue weighted by Crippen LogP contribution is -2.35. The van der Waals surface area contributed by atoms with Crippen LogP contribution in [0.4, 0.5) is 0 Å². The van der Waals surface area contributed by atoms with Gasteiger partial charge in [-0.25, -0.2) is 0 Å². The maximum Gasteiger partial charge on any atom is 0.149 e. The molecule has 2 aromatic carbocycles. The summed E-state index contributed by atoms with van der Waals surface area (Å²) in [6.07, 6.45) is 0. The van der Waals surface area contributed by atoms with Crippen LogP contribution in [0.2, 0.25) is 0 Å². The zero-order valence-corrected chi connectivity index (χ0v) is 14.5. The first-order valence-electron chi connectivity index (χ1n) is 7.21. The van der Waals surface area contributed by atoms with Crippen molar-refractivity contribution < 1.29 is 4.42 Å². The van der Waals surface area contributed by atoms with Crippen LogP contribution in [-0.2, 0) is 6.54 Å². The zero-order chi connectivity index (χ0) is 15.2. The van der Waals surface area contributed by atoms with E-state index in [0.29, 0.717) is 0 Å². The number of furan rings is 1. The molecular formula is C18H20BrNO. The summed E-state index contributed by atoms with van der Waals surface area (Å²) in [7, 11) is 0. The van der Waals surface area contributed by atoms with E-state index in [1.807, 2.05) is 0 Å². The SMILES string of the molecule is Cc1c(CNC(C)(C)C)oc2c(Br)c3ccccc3cc12. The second-order valence-electron chi connectivity index (χ2n) is 6.54. The lowest BCUT2D eigenvalue weighted by atomic mass is 10.1. The van der Waals surface area contributed by atoms with Crippen LogP contribution in [0, 0.1) is 6.92 Å². The van der Waals surface area contributed by atoms with Crippen LogP contribution >= 0.6 is 15.9 Å². The molecule has 2 nitrogen and oxygen atoms in total. The maximum absolute atomic E-state index is 6.12. The third-order valence-corrected chi connectivity index (χ3v) is 4.56. The van der Waals surface area contributed by atoms with Gasteiger partial charge >= 0.3 is 0 Å². The van der Waals surface area contributed by atoms with Crippen LogP contribution < -0.4 is 5.32 Å². The van der Waals surface area contributed by atoms with E-state index in [4.69, 9.17) is 4.42 Å². The van der Waals surface area contributed by atoms with Gasteiger partial charge in [0.1, 0.15) is 11.3 Å². The molecule has 3 rings (SSSR count). The molecule has 1 N–H and O–H groups in total. The van der Waals surface area contributed by atoms with Gasteiger partial charge in [-0.05, 0) is 66.0 Å². The number of halogens is 1. The van der Waals surface area contributed by atoms with Gasteiger partial charge in [0.25, 0.3) is 0 Å².